The third-order valence-electron chi connectivity index (χ3n) is 2.21. The maximum Gasteiger partial charge on any atom is 0.158 e. The average Bonchev–Trinajstić information content (AvgIpc) is 2.77. The van der Waals surface area contributed by atoms with Gasteiger partial charge in [-0.15, -0.1) is 0 Å². The summed E-state index contributed by atoms with van der Waals surface area (Å²) in [6.07, 6.45) is 5.26. The van der Waals surface area contributed by atoms with Crippen LogP contribution in [0.1, 0.15) is 6.92 Å². The Morgan fingerprint density at radius 2 is 2.20 bits per heavy atom. The molecule has 0 aliphatic rings. The Morgan fingerprint density at radius 1 is 1.33 bits per heavy atom. The van der Waals surface area contributed by atoms with Gasteiger partial charge in [0.05, 0.1) is 0 Å². The highest BCUT2D eigenvalue weighted by Crippen LogP contribution is 2.16. The van der Waals surface area contributed by atoms with Crippen LogP contribution in [0.3, 0.4) is 0 Å². The molecule has 1 N–H and O–H groups in total. The second-order valence-electron chi connectivity index (χ2n) is 3.08. The summed E-state index contributed by atoms with van der Waals surface area (Å²) in [5.74, 6) is 1.67. The molecule has 0 saturated carbocycles. The minimum absolute atomic E-state index is 0.797. The topological polar surface area (TPSA) is 55.6 Å². The molecule has 0 spiro atoms. The Hall–Kier alpha value is -1.91. The Bertz CT molecular complexity index is 449. The fourth-order valence-electron chi connectivity index (χ4n) is 1.41. The SMILES string of the molecule is CCn1ccnc1-c1cc(NC)ncn1. The fraction of sp³-hybridized carbons (Fsp3) is 0.300. The average molecular weight is 203 g/mol. The van der Waals surface area contributed by atoms with E-state index < -0.39 is 0 Å². The molecule has 0 amide bonds. The van der Waals surface area contributed by atoms with E-state index in [9.17, 15) is 0 Å². The van der Waals surface area contributed by atoms with E-state index in [0.29, 0.717) is 0 Å². The van der Waals surface area contributed by atoms with Crippen molar-refractivity contribution in [2.24, 2.45) is 0 Å². The Morgan fingerprint density at radius 3 is 2.93 bits per heavy atom. The van der Waals surface area contributed by atoms with Gasteiger partial charge in [-0.2, -0.15) is 0 Å². The normalized spacial score (nSPS) is 10.3. The van der Waals surface area contributed by atoms with Crippen molar-refractivity contribution < 1.29 is 0 Å². The number of aromatic nitrogens is 4. The van der Waals surface area contributed by atoms with Crippen molar-refractivity contribution in [3.8, 4) is 11.5 Å². The molecule has 2 rings (SSSR count). The summed E-state index contributed by atoms with van der Waals surface area (Å²) in [4.78, 5) is 12.5. The highest BCUT2D eigenvalue weighted by Gasteiger charge is 2.06. The maximum atomic E-state index is 4.28. The Balaban J connectivity index is 2.44. The molecule has 15 heavy (non-hydrogen) atoms. The van der Waals surface area contributed by atoms with Gasteiger partial charge in [-0.1, -0.05) is 0 Å². The second kappa shape index (κ2) is 4.08. The molecule has 0 radical (unpaired) electrons. The molecule has 0 aliphatic heterocycles. The first kappa shape index (κ1) is 9.64. The molecular formula is C10H13N5. The Kier molecular flexibility index (Phi) is 2.62. The number of hydrogen-bond donors (Lipinski definition) is 1. The molecule has 2 aromatic rings. The summed E-state index contributed by atoms with van der Waals surface area (Å²) in [6.45, 7) is 2.96. The molecule has 0 fully saturated rings. The van der Waals surface area contributed by atoms with E-state index >= 15 is 0 Å². The third-order valence-corrected chi connectivity index (χ3v) is 2.21. The molecule has 0 aliphatic carbocycles. The molecule has 0 atom stereocenters. The lowest BCUT2D eigenvalue weighted by molar-refractivity contribution is 0.767. The lowest BCUT2D eigenvalue weighted by atomic mass is 10.3. The van der Waals surface area contributed by atoms with Gasteiger partial charge in [-0.3, -0.25) is 0 Å². The number of anilines is 1. The van der Waals surface area contributed by atoms with E-state index in [1.54, 1.807) is 6.20 Å². The van der Waals surface area contributed by atoms with Crippen LogP contribution in [0, 0.1) is 0 Å². The van der Waals surface area contributed by atoms with E-state index in [2.05, 4.69) is 27.2 Å². The summed E-state index contributed by atoms with van der Waals surface area (Å²) >= 11 is 0. The van der Waals surface area contributed by atoms with Gasteiger partial charge in [0, 0.05) is 32.1 Å². The summed E-state index contributed by atoms with van der Waals surface area (Å²) in [5, 5.41) is 2.98. The predicted molar refractivity (Wildman–Crippen MR) is 58.5 cm³/mol. The van der Waals surface area contributed by atoms with Crippen LogP contribution >= 0.6 is 0 Å². The Labute approximate surface area is 88.2 Å². The number of imidazole rings is 1. The van der Waals surface area contributed by atoms with Crippen LogP contribution in [0.2, 0.25) is 0 Å². The van der Waals surface area contributed by atoms with Crippen molar-refractivity contribution in [1.29, 1.82) is 0 Å². The van der Waals surface area contributed by atoms with Crippen molar-refractivity contribution in [1.82, 2.24) is 19.5 Å². The van der Waals surface area contributed by atoms with Crippen molar-refractivity contribution in [3.05, 3.63) is 24.8 Å². The summed E-state index contributed by atoms with van der Waals surface area (Å²) in [6, 6.07) is 1.88. The van der Waals surface area contributed by atoms with E-state index in [1.165, 1.54) is 6.33 Å². The summed E-state index contributed by atoms with van der Waals surface area (Å²) in [5.41, 5.74) is 0.834. The van der Waals surface area contributed by atoms with Crippen LogP contribution < -0.4 is 5.32 Å². The van der Waals surface area contributed by atoms with Gasteiger partial charge in [0.15, 0.2) is 5.82 Å². The summed E-state index contributed by atoms with van der Waals surface area (Å²) in [7, 11) is 1.83. The quantitative estimate of drug-likeness (QED) is 0.819. The van der Waals surface area contributed by atoms with Crippen LogP contribution in [0.5, 0.6) is 0 Å². The van der Waals surface area contributed by atoms with Crippen molar-refractivity contribution in [2.45, 2.75) is 13.5 Å². The minimum atomic E-state index is 0.797. The van der Waals surface area contributed by atoms with Crippen LogP contribution in [0.4, 0.5) is 5.82 Å². The van der Waals surface area contributed by atoms with Gasteiger partial charge >= 0.3 is 0 Å². The molecule has 5 heteroatoms. The van der Waals surface area contributed by atoms with Gasteiger partial charge in [-0.25, -0.2) is 15.0 Å². The zero-order valence-corrected chi connectivity index (χ0v) is 8.81. The lowest BCUT2D eigenvalue weighted by Crippen LogP contribution is -2.00. The monoisotopic (exact) mass is 203 g/mol. The van der Waals surface area contributed by atoms with E-state index in [4.69, 9.17) is 0 Å². The van der Waals surface area contributed by atoms with Crippen LogP contribution in [0.15, 0.2) is 24.8 Å². The molecule has 78 valence electrons. The number of nitrogens with one attached hydrogen (secondary N) is 1. The van der Waals surface area contributed by atoms with E-state index in [1.807, 2.05) is 23.9 Å². The van der Waals surface area contributed by atoms with Gasteiger partial charge in [0.2, 0.25) is 0 Å². The van der Waals surface area contributed by atoms with Gasteiger partial charge in [0.25, 0.3) is 0 Å². The first-order valence-electron chi connectivity index (χ1n) is 4.86. The number of hydrogen-bond acceptors (Lipinski definition) is 4. The first-order valence-corrected chi connectivity index (χ1v) is 4.86. The van der Waals surface area contributed by atoms with Gasteiger partial charge < -0.3 is 9.88 Å². The van der Waals surface area contributed by atoms with Crippen LogP contribution in [0.25, 0.3) is 11.5 Å². The first-order chi connectivity index (χ1) is 7.35. The molecule has 0 bridgehead atoms. The summed E-state index contributed by atoms with van der Waals surface area (Å²) < 4.78 is 2.04. The van der Waals surface area contributed by atoms with Crippen LogP contribution in [-0.4, -0.2) is 26.6 Å². The van der Waals surface area contributed by atoms with E-state index in [-0.39, 0.29) is 0 Å². The molecule has 0 saturated heterocycles. The van der Waals surface area contributed by atoms with Crippen molar-refractivity contribution in [2.75, 3.05) is 12.4 Å². The van der Waals surface area contributed by atoms with E-state index in [0.717, 1.165) is 23.9 Å². The van der Waals surface area contributed by atoms with Crippen LogP contribution in [-0.2, 0) is 6.54 Å². The standard InChI is InChI=1S/C10H13N5/c1-3-15-5-4-12-10(15)8-6-9(11-2)14-7-13-8/h4-7H,3H2,1-2H3,(H,11,13,14). The number of nitrogens with zero attached hydrogens (tertiary/aromatic N) is 4. The van der Waals surface area contributed by atoms with Crippen molar-refractivity contribution >= 4 is 5.82 Å². The van der Waals surface area contributed by atoms with Gasteiger partial charge in [0.1, 0.15) is 17.8 Å². The fourth-order valence-corrected chi connectivity index (χ4v) is 1.41. The van der Waals surface area contributed by atoms with Gasteiger partial charge in [-0.05, 0) is 6.92 Å². The predicted octanol–water partition coefficient (Wildman–Crippen LogP) is 1.40. The number of rotatable bonds is 3. The molecule has 0 unspecified atom stereocenters. The zero-order valence-electron chi connectivity index (χ0n) is 8.81. The highest BCUT2D eigenvalue weighted by atomic mass is 15.1. The molecular weight excluding hydrogens is 190 g/mol. The number of aryl methyl sites for hydroxylation is 1. The highest BCUT2D eigenvalue weighted by molar-refractivity contribution is 5.54. The molecule has 5 nitrogen and oxygen atoms in total. The minimum Gasteiger partial charge on any atom is -0.373 e. The largest absolute Gasteiger partial charge is 0.373 e. The maximum absolute atomic E-state index is 4.28. The smallest absolute Gasteiger partial charge is 0.158 e. The lowest BCUT2D eigenvalue weighted by Gasteiger charge is -2.04. The zero-order chi connectivity index (χ0) is 10.7. The molecule has 0 aromatic carbocycles. The van der Waals surface area contributed by atoms with Crippen molar-refractivity contribution in [3.63, 3.8) is 0 Å². The molecule has 2 heterocycles. The third kappa shape index (κ3) is 1.81. The molecule has 2 aromatic heterocycles. The second-order valence-corrected chi connectivity index (χ2v) is 3.08.